The molecule has 1 fully saturated rings. The Balaban J connectivity index is 2.29. The van der Waals surface area contributed by atoms with Gasteiger partial charge >= 0.3 is 0 Å². The molecule has 0 radical (unpaired) electrons. The molecule has 0 amide bonds. The third-order valence-electron chi connectivity index (χ3n) is 2.12. The Kier molecular flexibility index (Phi) is 1.80. The molecule has 1 aliphatic rings. The summed E-state index contributed by atoms with van der Waals surface area (Å²) >= 11 is 3.15. The van der Waals surface area contributed by atoms with Crippen molar-refractivity contribution in [2.45, 2.75) is 18.3 Å². The van der Waals surface area contributed by atoms with Crippen molar-refractivity contribution in [3.05, 3.63) is 22.3 Å². The zero-order valence-electron chi connectivity index (χ0n) is 6.60. The van der Waals surface area contributed by atoms with E-state index in [1.807, 2.05) is 0 Å². The van der Waals surface area contributed by atoms with E-state index in [2.05, 4.69) is 20.9 Å². The highest BCUT2D eigenvalue weighted by molar-refractivity contribution is 9.10. The molecule has 0 aromatic carbocycles. The van der Waals surface area contributed by atoms with E-state index in [9.17, 15) is 8.78 Å². The van der Waals surface area contributed by atoms with Gasteiger partial charge in [-0.1, -0.05) is 0 Å². The van der Waals surface area contributed by atoms with Gasteiger partial charge < -0.3 is 5.73 Å². The zero-order valence-corrected chi connectivity index (χ0v) is 8.18. The molecule has 0 spiro atoms. The number of nitrogens with two attached hydrogens (primary N) is 1. The zero-order chi connectivity index (χ0) is 9.64. The fraction of sp³-hybridized carbons (Fsp3) is 0.375. The van der Waals surface area contributed by atoms with E-state index < -0.39 is 11.8 Å². The quantitative estimate of drug-likeness (QED) is 0.830. The number of hydrogen-bond donors (Lipinski definition) is 1. The second-order valence-corrected chi connectivity index (χ2v) is 4.01. The first-order valence-corrected chi connectivity index (χ1v) is 4.59. The summed E-state index contributed by atoms with van der Waals surface area (Å²) in [5.74, 6) is -2.89. The van der Waals surface area contributed by atoms with Crippen molar-refractivity contribution in [3.8, 4) is 0 Å². The molecule has 70 valence electrons. The third kappa shape index (κ3) is 1.52. The van der Waals surface area contributed by atoms with Crippen molar-refractivity contribution < 1.29 is 8.78 Å². The number of nitrogens with zero attached hydrogens (tertiary/aromatic N) is 1. The van der Waals surface area contributed by atoms with Gasteiger partial charge in [0.1, 0.15) is 5.82 Å². The monoisotopic (exact) mass is 248 g/mol. The van der Waals surface area contributed by atoms with Gasteiger partial charge in [-0.25, -0.2) is 13.8 Å². The molecule has 5 heteroatoms. The predicted octanol–water partition coefficient (Wildman–Crippen LogP) is 2.55. The van der Waals surface area contributed by atoms with Gasteiger partial charge in [-0.3, -0.25) is 0 Å². The van der Waals surface area contributed by atoms with E-state index in [1.54, 1.807) is 6.07 Å². The Morgan fingerprint density at radius 2 is 2.23 bits per heavy atom. The summed E-state index contributed by atoms with van der Waals surface area (Å²) in [7, 11) is 0. The molecule has 13 heavy (non-hydrogen) atoms. The van der Waals surface area contributed by atoms with Crippen LogP contribution in [-0.4, -0.2) is 10.9 Å². The van der Waals surface area contributed by atoms with Crippen LogP contribution >= 0.6 is 15.9 Å². The molecule has 1 atom stereocenters. The van der Waals surface area contributed by atoms with Crippen molar-refractivity contribution >= 4 is 21.7 Å². The second-order valence-electron chi connectivity index (χ2n) is 3.15. The molecule has 2 N–H and O–H groups in total. The number of nitrogen functional groups attached to an aromatic ring is 1. The molecule has 0 aliphatic heterocycles. The summed E-state index contributed by atoms with van der Waals surface area (Å²) in [6.45, 7) is 0. The van der Waals surface area contributed by atoms with Crippen LogP contribution in [0, 0.1) is 0 Å². The second kappa shape index (κ2) is 2.64. The van der Waals surface area contributed by atoms with Gasteiger partial charge in [0.2, 0.25) is 0 Å². The normalized spacial score (nSPS) is 24.4. The van der Waals surface area contributed by atoms with E-state index in [-0.39, 0.29) is 6.42 Å². The van der Waals surface area contributed by atoms with Crippen LogP contribution in [0.1, 0.15) is 17.9 Å². The molecular formula is C8H7BrF2N2. The molecule has 0 bridgehead atoms. The average molecular weight is 249 g/mol. The Labute approximate surface area is 82.3 Å². The SMILES string of the molecule is Nc1ncc(C2CC2(F)F)cc1Br. The Morgan fingerprint density at radius 1 is 1.62 bits per heavy atom. The smallest absolute Gasteiger partial charge is 0.255 e. The maximum Gasteiger partial charge on any atom is 0.255 e. The summed E-state index contributed by atoms with van der Waals surface area (Å²) in [5, 5.41) is 0. The standard InChI is InChI=1S/C8H7BrF2N2/c9-6-1-4(3-13-7(6)12)5-2-8(5,10)11/h1,3,5H,2H2,(H2,12,13). The number of alkyl halides is 2. The highest BCUT2D eigenvalue weighted by Gasteiger charge is 2.57. The number of anilines is 1. The summed E-state index contributed by atoms with van der Waals surface area (Å²) in [6, 6.07) is 1.61. The van der Waals surface area contributed by atoms with Crippen molar-refractivity contribution in [1.82, 2.24) is 4.98 Å². The van der Waals surface area contributed by atoms with Crippen LogP contribution < -0.4 is 5.73 Å². The topological polar surface area (TPSA) is 38.9 Å². The van der Waals surface area contributed by atoms with Gasteiger partial charge in [0, 0.05) is 12.6 Å². The van der Waals surface area contributed by atoms with E-state index in [4.69, 9.17) is 5.73 Å². The summed E-state index contributed by atoms with van der Waals surface area (Å²) in [5.41, 5.74) is 5.98. The van der Waals surface area contributed by atoms with Gasteiger partial charge in [0.15, 0.2) is 0 Å². The fourth-order valence-electron chi connectivity index (χ4n) is 1.23. The van der Waals surface area contributed by atoms with E-state index in [0.717, 1.165) is 0 Å². The van der Waals surface area contributed by atoms with Crippen LogP contribution in [0.15, 0.2) is 16.7 Å². The van der Waals surface area contributed by atoms with Gasteiger partial charge in [-0.15, -0.1) is 0 Å². The number of aromatic nitrogens is 1. The van der Waals surface area contributed by atoms with Crippen LogP contribution in [0.2, 0.25) is 0 Å². The predicted molar refractivity (Wildman–Crippen MR) is 48.7 cm³/mol. The Hall–Kier alpha value is -0.710. The van der Waals surface area contributed by atoms with Crippen molar-refractivity contribution in [1.29, 1.82) is 0 Å². The molecule has 1 saturated carbocycles. The van der Waals surface area contributed by atoms with Gasteiger partial charge in [0.25, 0.3) is 5.92 Å². The number of halogens is 3. The first-order valence-electron chi connectivity index (χ1n) is 3.79. The number of rotatable bonds is 1. The van der Waals surface area contributed by atoms with Crippen molar-refractivity contribution in [3.63, 3.8) is 0 Å². The Morgan fingerprint density at radius 3 is 2.69 bits per heavy atom. The maximum absolute atomic E-state index is 12.6. The molecule has 1 aromatic heterocycles. The maximum atomic E-state index is 12.6. The molecule has 1 unspecified atom stereocenters. The molecule has 2 rings (SSSR count). The Bertz CT molecular complexity index is 354. The van der Waals surface area contributed by atoms with Crippen LogP contribution in [0.25, 0.3) is 0 Å². The third-order valence-corrected chi connectivity index (χ3v) is 2.75. The van der Waals surface area contributed by atoms with E-state index >= 15 is 0 Å². The average Bonchev–Trinajstić information content (AvgIpc) is 2.66. The van der Waals surface area contributed by atoms with E-state index in [0.29, 0.717) is 15.9 Å². The van der Waals surface area contributed by atoms with Gasteiger partial charge in [-0.05, 0) is 27.6 Å². The van der Waals surface area contributed by atoms with Crippen molar-refractivity contribution in [2.24, 2.45) is 0 Å². The van der Waals surface area contributed by atoms with Crippen LogP contribution in [0.3, 0.4) is 0 Å². The lowest BCUT2D eigenvalue weighted by molar-refractivity contribution is 0.112. The first-order chi connectivity index (χ1) is 6.00. The summed E-state index contributed by atoms with van der Waals surface area (Å²) in [4.78, 5) is 3.80. The molecule has 0 saturated heterocycles. The van der Waals surface area contributed by atoms with Crippen molar-refractivity contribution in [2.75, 3.05) is 5.73 Å². The molecule has 2 nitrogen and oxygen atoms in total. The lowest BCUT2D eigenvalue weighted by Gasteiger charge is -2.01. The lowest BCUT2D eigenvalue weighted by Crippen LogP contribution is -1.96. The van der Waals surface area contributed by atoms with E-state index in [1.165, 1.54) is 6.20 Å². The summed E-state index contributed by atoms with van der Waals surface area (Å²) < 4.78 is 25.9. The molecular weight excluding hydrogens is 242 g/mol. The minimum absolute atomic E-state index is 0.0783. The molecule has 1 heterocycles. The van der Waals surface area contributed by atoms with Crippen LogP contribution in [0.5, 0.6) is 0 Å². The highest BCUT2D eigenvalue weighted by Crippen LogP contribution is 2.55. The number of pyridine rings is 1. The highest BCUT2D eigenvalue weighted by atomic mass is 79.9. The largest absolute Gasteiger partial charge is 0.383 e. The van der Waals surface area contributed by atoms with Crippen LogP contribution in [0.4, 0.5) is 14.6 Å². The minimum atomic E-state index is -2.54. The van der Waals surface area contributed by atoms with Gasteiger partial charge in [0.05, 0.1) is 10.4 Å². The minimum Gasteiger partial charge on any atom is -0.383 e. The summed E-state index contributed by atoms with van der Waals surface area (Å²) in [6.07, 6.45) is 1.33. The van der Waals surface area contributed by atoms with Gasteiger partial charge in [-0.2, -0.15) is 0 Å². The number of hydrogen-bond acceptors (Lipinski definition) is 2. The van der Waals surface area contributed by atoms with Crippen LogP contribution in [-0.2, 0) is 0 Å². The molecule has 1 aromatic rings. The first kappa shape index (κ1) is 8.87. The molecule has 1 aliphatic carbocycles. The lowest BCUT2D eigenvalue weighted by atomic mass is 10.2. The fourth-order valence-corrected chi connectivity index (χ4v) is 1.60.